The molecule has 0 aromatic carbocycles. The average molecular weight is 426 g/mol. The maximum absolute atomic E-state index is 12.1. The van der Waals surface area contributed by atoms with Gasteiger partial charge in [0.15, 0.2) is 0 Å². The van der Waals surface area contributed by atoms with Crippen LogP contribution in [-0.4, -0.2) is 61.2 Å². The van der Waals surface area contributed by atoms with E-state index >= 15 is 0 Å². The highest BCUT2D eigenvalue weighted by Crippen LogP contribution is 2.04. The van der Waals surface area contributed by atoms with Gasteiger partial charge in [0, 0.05) is 25.9 Å². The minimum Gasteiger partial charge on any atom is -0.481 e. The van der Waals surface area contributed by atoms with Crippen LogP contribution in [0.15, 0.2) is 0 Å². The van der Waals surface area contributed by atoms with Crippen LogP contribution in [0.3, 0.4) is 0 Å². The number of carboxylic acids is 1. The Bertz CT molecular complexity index is 314. The number of unbranched alkanes of at least 4 members (excludes halogenated alkanes) is 1. The predicted molar refractivity (Wildman–Crippen MR) is 109 cm³/mol. The van der Waals surface area contributed by atoms with Gasteiger partial charge in [-0.05, 0) is 58.3 Å². The van der Waals surface area contributed by atoms with Crippen LogP contribution in [0.1, 0.15) is 44.9 Å². The number of carbonyl (C=O) groups excluding carboxylic acids is 1. The monoisotopic (exact) mass is 424 g/mol. The summed E-state index contributed by atoms with van der Waals surface area (Å²) in [5.74, 6) is -0.823. The Labute approximate surface area is 169 Å². The number of nitrogens with two attached hydrogens (primary N) is 2. The maximum Gasteiger partial charge on any atom is 0.303 e. The molecule has 0 heterocycles. The number of carbonyl (C=O) groups is 2. The Kier molecular flexibility index (Phi) is 30.7. The molecule has 0 rings (SSSR count). The Morgan fingerprint density at radius 3 is 1.92 bits per heavy atom. The summed E-state index contributed by atoms with van der Waals surface area (Å²) in [6.45, 7) is 4.48. The highest BCUT2D eigenvalue weighted by Gasteiger charge is 2.13. The van der Waals surface area contributed by atoms with Crippen LogP contribution >= 0.6 is 37.2 Å². The molecule has 0 saturated heterocycles. The Balaban J connectivity index is -0.000000735. The molecule has 0 aliphatic heterocycles. The van der Waals surface area contributed by atoms with Gasteiger partial charge in [0.25, 0.3) is 0 Å². The minimum absolute atomic E-state index is 0. The van der Waals surface area contributed by atoms with Crippen molar-refractivity contribution in [2.24, 2.45) is 11.5 Å². The van der Waals surface area contributed by atoms with Gasteiger partial charge in [-0.3, -0.25) is 9.59 Å². The third-order valence-electron chi connectivity index (χ3n) is 3.36. The number of aliphatic carboxylic acids is 1. The van der Waals surface area contributed by atoms with Crippen LogP contribution < -0.4 is 16.8 Å². The lowest BCUT2D eigenvalue weighted by molar-refractivity contribution is -0.137. The SMILES string of the molecule is Cl.Cl.Cl.NCCCNCCCCN(CCCN)C(=O)CCCC(=O)O. The van der Waals surface area contributed by atoms with Crippen LogP contribution in [0.4, 0.5) is 0 Å². The van der Waals surface area contributed by atoms with Gasteiger partial charge in [-0.15, -0.1) is 37.2 Å². The highest BCUT2D eigenvalue weighted by atomic mass is 35.5. The van der Waals surface area contributed by atoms with E-state index in [4.69, 9.17) is 16.6 Å². The van der Waals surface area contributed by atoms with E-state index < -0.39 is 5.97 Å². The summed E-state index contributed by atoms with van der Waals surface area (Å²) in [6.07, 6.45) is 4.43. The molecule has 154 valence electrons. The molecule has 0 aliphatic carbocycles. The van der Waals surface area contributed by atoms with Crippen LogP contribution in [0, 0.1) is 0 Å². The van der Waals surface area contributed by atoms with Crippen LogP contribution in [0.2, 0.25) is 0 Å². The summed E-state index contributed by atoms with van der Waals surface area (Å²) < 4.78 is 0. The van der Waals surface area contributed by atoms with Crippen LogP contribution in [0.5, 0.6) is 0 Å². The molecule has 0 aliphatic rings. The molecule has 0 fully saturated rings. The largest absolute Gasteiger partial charge is 0.481 e. The van der Waals surface area contributed by atoms with Crippen molar-refractivity contribution < 1.29 is 14.7 Å². The van der Waals surface area contributed by atoms with Gasteiger partial charge in [-0.1, -0.05) is 0 Å². The Morgan fingerprint density at radius 2 is 1.36 bits per heavy atom. The van der Waals surface area contributed by atoms with Crippen molar-refractivity contribution in [2.45, 2.75) is 44.9 Å². The average Bonchev–Trinajstić information content (AvgIpc) is 2.48. The molecule has 0 spiro atoms. The summed E-state index contributed by atoms with van der Waals surface area (Å²) in [4.78, 5) is 24.4. The fraction of sp³-hybridized carbons (Fsp3) is 0.867. The highest BCUT2D eigenvalue weighted by molar-refractivity contribution is 5.86. The lowest BCUT2D eigenvalue weighted by Crippen LogP contribution is -2.34. The number of nitrogens with zero attached hydrogens (tertiary/aromatic N) is 1. The number of hydrogen-bond acceptors (Lipinski definition) is 5. The fourth-order valence-electron chi connectivity index (χ4n) is 2.10. The summed E-state index contributed by atoms with van der Waals surface area (Å²) in [5, 5.41) is 11.9. The molecule has 0 radical (unpaired) electrons. The van der Waals surface area contributed by atoms with Gasteiger partial charge in [0.05, 0.1) is 0 Å². The van der Waals surface area contributed by atoms with Gasteiger partial charge in [0.2, 0.25) is 5.91 Å². The summed E-state index contributed by atoms with van der Waals surface area (Å²) in [5.41, 5.74) is 10.9. The van der Waals surface area contributed by atoms with Gasteiger partial charge in [0.1, 0.15) is 0 Å². The van der Waals surface area contributed by atoms with E-state index in [1.54, 1.807) is 0 Å². The van der Waals surface area contributed by atoms with E-state index in [-0.39, 0.29) is 49.5 Å². The first-order valence-electron chi connectivity index (χ1n) is 8.22. The quantitative estimate of drug-likeness (QED) is 0.294. The zero-order chi connectivity index (χ0) is 16.6. The normalized spacial score (nSPS) is 9.36. The molecule has 0 bridgehead atoms. The van der Waals surface area contributed by atoms with E-state index in [9.17, 15) is 9.59 Å². The third kappa shape index (κ3) is 21.6. The zero-order valence-electron chi connectivity index (χ0n) is 14.8. The van der Waals surface area contributed by atoms with E-state index in [2.05, 4.69) is 5.32 Å². The van der Waals surface area contributed by atoms with Crippen molar-refractivity contribution in [3.8, 4) is 0 Å². The second-order valence-corrected chi connectivity index (χ2v) is 5.37. The third-order valence-corrected chi connectivity index (χ3v) is 3.36. The van der Waals surface area contributed by atoms with E-state index in [1.807, 2.05) is 4.90 Å². The number of carboxylic acid groups (broad SMARTS) is 1. The molecule has 0 aromatic rings. The van der Waals surface area contributed by atoms with E-state index in [0.717, 1.165) is 38.8 Å². The summed E-state index contributed by atoms with van der Waals surface area (Å²) in [6, 6.07) is 0. The molecule has 0 aromatic heterocycles. The predicted octanol–water partition coefficient (Wildman–Crippen LogP) is 1.40. The van der Waals surface area contributed by atoms with Crippen molar-refractivity contribution in [3.63, 3.8) is 0 Å². The molecule has 0 saturated carbocycles. The molecule has 0 unspecified atom stereocenters. The topological polar surface area (TPSA) is 122 Å². The second-order valence-electron chi connectivity index (χ2n) is 5.37. The van der Waals surface area contributed by atoms with Gasteiger partial charge < -0.3 is 26.8 Å². The number of hydrogen-bond donors (Lipinski definition) is 4. The molecular formula is C15H35Cl3N4O3. The smallest absolute Gasteiger partial charge is 0.303 e. The number of halogens is 3. The molecule has 1 amide bonds. The molecule has 7 nitrogen and oxygen atoms in total. The van der Waals surface area contributed by atoms with Crippen molar-refractivity contribution >= 4 is 49.1 Å². The van der Waals surface area contributed by atoms with Crippen molar-refractivity contribution in [2.75, 3.05) is 39.3 Å². The van der Waals surface area contributed by atoms with E-state index in [0.29, 0.717) is 39.0 Å². The van der Waals surface area contributed by atoms with Gasteiger partial charge in [-0.2, -0.15) is 0 Å². The van der Waals surface area contributed by atoms with Gasteiger partial charge >= 0.3 is 5.97 Å². The van der Waals surface area contributed by atoms with Crippen molar-refractivity contribution in [3.05, 3.63) is 0 Å². The first-order valence-corrected chi connectivity index (χ1v) is 8.22. The number of rotatable bonds is 15. The lowest BCUT2D eigenvalue weighted by Gasteiger charge is -2.22. The Hall–Kier alpha value is -0.310. The lowest BCUT2D eigenvalue weighted by atomic mass is 10.2. The Morgan fingerprint density at radius 1 is 0.800 bits per heavy atom. The molecule has 10 heteroatoms. The van der Waals surface area contributed by atoms with Crippen molar-refractivity contribution in [1.82, 2.24) is 10.2 Å². The molecule has 0 atom stereocenters. The standard InChI is InChI=1S/C15H32N4O3.3ClH/c16-8-4-11-18-10-1-2-12-19(13-5-9-17)14(20)6-3-7-15(21)22;;;/h18H,1-13,16-17H2,(H,21,22);3*1H. The number of amides is 1. The first-order chi connectivity index (χ1) is 10.6. The first kappa shape index (κ1) is 32.4. The van der Waals surface area contributed by atoms with Gasteiger partial charge in [-0.25, -0.2) is 0 Å². The van der Waals surface area contributed by atoms with E-state index in [1.165, 1.54) is 0 Å². The van der Waals surface area contributed by atoms with Crippen LogP contribution in [-0.2, 0) is 9.59 Å². The van der Waals surface area contributed by atoms with Crippen LogP contribution in [0.25, 0.3) is 0 Å². The second kappa shape index (κ2) is 23.7. The minimum atomic E-state index is -0.857. The number of nitrogens with one attached hydrogen (secondary N) is 1. The molecular weight excluding hydrogens is 391 g/mol. The summed E-state index contributed by atoms with van der Waals surface area (Å²) in [7, 11) is 0. The zero-order valence-corrected chi connectivity index (χ0v) is 17.2. The maximum atomic E-state index is 12.1. The van der Waals surface area contributed by atoms with Crippen molar-refractivity contribution in [1.29, 1.82) is 0 Å². The molecule has 25 heavy (non-hydrogen) atoms. The summed E-state index contributed by atoms with van der Waals surface area (Å²) >= 11 is 0. The fourth-order valence-corrected chi connectivity index (χ4v) is 2.10. The molecule has 6 N–H and O–H groups in total.